The lowest BCUT2D eigenvalue weighted by molar-refractivity contribution is 0.829. The normalized spacial score (nSPS) is 11.0. The van der Waals surface area contributed by atoms with E-state index in [-0.39, 0.29) is 0 Å². The van der Waals surface area contributed by atoms with Crippen LogP contribution >= 0.6 is 0 Å². The molecule has 0 fully saturated rings. The number of benzene rings is 1. The summed E-state index contributed by atoms with van der Waals surface area (Å²) in [5.74, 6) is 0.542. The van der Waals surface area contributed by atoms with Gasteiger partial charge in [-0.3, -0.25) is 14.3 Å². The van der Waals surface area contributed by atoms with E-state index < -0.39 is 11.2 Å². The van der Waals surface area contributed by atoms with E-state index >= 15 is 0 Å². The highest BCUT2D eigenvalue weighted by atomic mass is 16.2. The van der Waals surface area contributed by atoms with Crippen LogP contribution in [0.1, 0.15) is 5.56 Å². The number of nitrogens with zero attached hydrogens (tertiary/aromatic N) is 3. The molecule has 0 aliphatic heterocycles. The Morgan fingerprint density at radius 1 is 1.14 bits per heavy atom. The number of anilines is 1. The highest BCUT2D eigenvalue weighted by Gasteiger charge is 2.14. The molecule has 0 aliphatic rings. The standard InChI is InChI=1S/C14H15N5O2/c1-18-10-11(19(2)14(21)17-12(10)20)16-13(18)15-8-9-6-4-3-5-7-9/h3-7H,8H2,1-2H3,(H,15,16)(H,17,20,21). The lowest BCUT2D eigenvalue weighted by Crippen LogP contribution is -2.29. The molecular weight excluding hydrogens is 270 g/mol. The van der Waals surface area contributed by atoms with Crippen LogP contribution in [0.5, 0.6) is 0 Å². The second-order valence-electron chi connectivity index (χ2n) is 4.82. The maximum Gasteiger partial charge on any atom is 0.329 e. The molecule has 2 aromatic heterocycles. The Morgan fingerprint density at radius 3 is 2.57 bits per heavy atom. The molecule has 2 heterocycles. The highest BCUT2D eigenvalue weighted by Crippen LogP contribution is 2.13. The van der Waals surface area contributed by atoms with Gasteiger partial charge in [0.15, 0.2) is 11.2 Å². The van der Waals surface area contributed by atoms with E-state index in [0.717, 1.165) is 5.56 Å². The Bertz CT molecular complexity index is 905. The summed E-state index contributed by atoms with van der Waals surface area (Å²) >= 11 is 0. The number of H-pyrrole nitrogens is 1. The van der Waals surface area contributed by atoms with Gasteiger partial charge in [-0.05, 0) is 5.56 Å². The number of hydrogen-bond acceptors (Lipinski definition) is 4. The van der Waals surface area contributed by atoms with Crippen molar-refractivity contribution in [1.29, 1.82) is 0 Å². The number of imidazole rings is 1. The van der Waals surface area contributed by atoms with Gasteiger partial charge in [-0.15, -0.1) is 0 Å². The molecule has 0 radical (unpaired) electrons. The molecule has 0 amide bonds. The van der Waals surface area contributed by atoms with E-state index in [2.05, 4.69) is 15.3 Å². The van der Waals surface area contributed by atoms with Crippen LogP contribution in [0.3, 0.4) is 0 Å². The molecule has 7 nitrogen and oxygen atoms in total. The number of fused-ring (bicyclic) bond motifs is 1. The predicted octanol–water partition coefficient (Wildman–Crippen LogP) is 0.572. The van der Waals surface area contributed by atoms with Crippen molar-refractivity contribution in [3.63, 3.8) is 0 Å². The molecule has 0 unspecified atom stereocenters. The van der Waals surface area contributed by atoms with Crippen LogP contribution in [0.2, 0.25) is 0 Å². The van der Waals surface area contributed by atoms with Gasteiger partial charge in [-0.2, -0.15) is 4.98 Å². The summed E-state index contributed by atoms with van der Waals surface area (Å²) in [7, 11) is 3.32. The van der Waals surface area contributed by atoms with Crippen LogP contribution in [0.25, 0.3) is 11.2 Å². The van der Waals surface area contributed by atoms with Gasteiger partial charge in [-0.25, -0.2) is 4.79 Å². The SMILES string of the molecule is Cn1c(NCc2ccccc2)nc2c1c(=O)[nH]c(=O)n2C. The third-order valence-corrected chi connectivity index (χ3v) is 3.43. The van der Waals surface area contributed by atoms with Crippen LogP contribution in [-0.2, 0) is 20.6 Å². The summed E-state index contributed by atoms with van der Waals surface area (Å²) in [6.45, 7) is 0.587. The Morgan fingerprint density at radius 2 is 1.86 bits per heavy atom. The summed E-state index contributed by atoms with van der Waals surface area (Å²) in [6.07, 6.45) is 0. The predicted molar refractivity (Wildman–Crippen MR) is 80.3 cm³/mol. The highest BCUT2D eigenvalue weighted by molar-refractivity contribution is 5.73. The van der Waals surface area contributed by atoms with Gasteiger partial charge in [-0.1, -0.05) is 30.3 Å². The molecule has 0 bridgehead atoms. The number of rotatable bonds is 3. The molecule has 7 heteroatoms. The lowest BCUT2D eigenvalue weighted by atomic mass is 10.2. The Hall–Kier alpha value is -2.83. The minimum absolute atomic E-state index is 0.363. The fourth-order valence-electron chi connectivity index (χ4n) is 2.24. The third-order valence-electron chi connectivity index (χ3n) is 3.43. The monoisotopic (exact) mass is 285 g/mol. The molecule has 108 valence electrons. The van der Waals surface area contributed by atoms with E-state index in [1.807, 2.05) is 30.3 Å². The van der Waals surface area contributed by atoms with Gasteiger partial charge in [0.25, 0.3) is 5.56 Å². The average molecular weight is 285 g/mol. The second kappa shape index (κ2) is 4.93. The zero-order chi connectivity index (χ0) is 15.0. The first-order chi connectivity index (χ1) is 10.1. The van der Waals surface area contributed by atoms with Crippen molar-refractivity contribution >= 4 is 17.1 Å². The van der Waals surface area contributed by atoms with Crippen molar-refractivity contribution in [2.24, 2.45) is 14.1 Å². The van der Waals surface area contributed by atoms with Crippen molar-refractivity contribution in [3.8, 4) is 0 Å². The zero-order valence-corrected chi connectivity index (χ0v) is 11.8. The molecule has 21 heavy (non-hydrogen) atoms. The van der Waals surface area contributed by atoms with Gasteiger partial charge >= 0.3 is 5.69 Å². The minimum Gasteiger partial charge on any atom is -0.352 e. The molecule has 0 saturated carbocycles. The molecule has 0 saturated heterocycles. The number of aromatic amines is 1. The molecular formula is C14H15N5O2. The van der Waals surface area contributed by atoms with Crippen LogP contribution < -0.4 is 16.6 Å². The van der Waals surface area contributed by atoms with Crippen molar-refractivity contribution in [3.05, 3.63) is 56.7 Å². The number of aryl methyl sites for hydroxylation is 2. The maximum absolute atomic E-state index is 11.9. The first-order valence-electron chi connectivity index (χ1n) is 6.51. The molecule has 3 rings (SSSR count). The second-order valence-corrected chi connectivity index (χ2v) is 4.82. The molecule has 1 aromatic carbocycles. The Kier molecular flexibility index (Phi) is 3.09. The lowest BCUT2D eigenvalue weighted by Gasteiger charge is -2.05. The van der Waals surface area contributed by atoms with Crippen LogP contribution in [0.15, 0.2) is 39.9 Å². The van der Waals surface area contributed by atoms with Crippen molar-refractivity contribution in [1.82, 2.24) is 19.1 Å². The van der Waals surface area contributed by atoms with E-state index in [1.165, 1.54) is 4.57 Å². The summed E-state index contributed by atoms with van der Waals surface area (Å²) in [6, 6.07) is 9.87. The topological polar surface area (TPSA) is 84.7 Å². The number of aromatic nitrogens is 4. The first-order valence-corrected chi connectivity index (χ1v) is 6.51. The summed E-state index contributed by atoms with van der Waals surface area (Å²) in [5.41, 5.74) is 0.929. The van der Waals surface area contributed by atoms with Crippen molar-refractivity contribution < 1.29 is 0 Å². The smallest absolute Gasteiger partial charge is 0.329 e. The fourth-order valence-corrected chi connectivity index (χ4v) is 2.24. The molecule has 3 aromatic rings. The van der Waals surface area contributed by atoms with Crippen LogP contribution in [-0.4, -0.2) is 19.1 Å². The molecule has 0 aliphatic carbocycles. The largest absolute Gasteiger partial charge is 0.352 e. The van der Waals surface area contributed by atoms with E-state index in [4.69, 9.17) is 0 Å². The molecule has 0 atom stereocenters. The summed E-state index contributed by atoms with van der Waals surface area (Å²) in [4.78, 5) is 30.1. The van der Waals surface area contributed by atoms with Gasteiger partial charge < -0.3 is 9.88 Å². The van der Waals surface area contributed by atoms with Crippen LogP contribution in [0.4, 0.5) is 5.95 Å². The minimum atomic E-state index is -0.472. The van der Waals surface area contributed by atoms with Gasteiger partial charge in [0, 0.05) is 20.6 Å². The number of hydrogen-bond donors (Lipinski definition) is 2. The van der Waals surface area contributed by atoms with E-state index in [9.17, 15) is 9.59 Å². The molecule has 2 N–H and O–H groups in total. The Labute approximate surface area is 119 Å². The number of nitrogens with one attached hydrogen (secondary N) is 2. The van der Waals surface area contributed by atoms with Gasteiger partial charge in [0.05, 0.1) is 0 Å². The zero-order valence-electron chi connectivity index (χ0n) is 11.8. The van der Waals surface area contributed by atoms with Crippen molar-refractivity contribution in [2.75, 3.05) is 5.32 Å². The first kappa shape index (κ1) is 13.2. The maximum atomic E-state index is 11.9. The molecule has 0 spiro atoms. The van der Waals surface area contributed by atoms with E-state index in [0.29, 0.717) is 23.7 Å². The average Bonchev–Trinajstić information content (AvgIpc) is 2.81. The fraction of sp³-hybridized carbons (Fsp3) is 0.214. The quantitative estimate of drug-likeness (QED) is 0.737. The van der Waals surface area contributed by atoms with Gasteiger partial charge in [0.2, 0.25) is 5.95 Å². The summed E-state index contributed by atoms with van der Waals surface area (Å²) in [5, 5.41) is 3.18. The van der Waals surface area contributed by atoms with Crippen molar-refractivity contribution in [2.45, 2.75) is 6.54 Å². The van der Waals surface area contributed by atoms with Crippen LogP contribution in [0, 0.1) is 0 Å². The van der Waals surface area contributed by atoms with Gasteiger partial charge in [0.1, 0.15) is 0 Å². The summed E-state index contributed by atoms with van der Waals surface area (Å²) < 4.78 is 2.97. The van der Waals surface area contributed by atoms with E-state index in [1.54, 1.807) is 18.7 Å². The Balaban J connectivity index is 2.03. The third kappa shape index (κ3) is 2.22.